The first-order chi connectivity index (χ1) is 9.24. The highest BCUT2D eigenvalue weighted by atomic mass is 16.5. The van der Waals surface area contributed by atoms with Crippen molar-refractivity contribution < 1.29 is 9.32 Å². The molecule has 100 valence electrons. The zero-order valence-corrected chi connectivity index (χ0v) is 10.9. The Bertz CT molecular complexity index is 522. The van der Waals surface area contributed by atoms with E-state index in [1.165, 1.54) is 5.56 Å². The lowest BCUT2D eigenvalue weighted by molar-refractivity contribution is -0.120. The number of nitrogens with one attached hydrogen (secondary N) is 1. The molecule has 0 atom stereocenters. The molecule has 0 fully saturated rings. The lowest BCUT2D eigenvalue weighted by Gasteiger charge is -2.03. The molecule has 5 nitrogen and oxygen atoms in total. The average Bonchev–Trinajstić information content (AvgIpc) is 2.81. The summed E-state index contributed by atoms with van der Waals surface area (Å²) in [4.78, 5) is 15.6. The van der Waals surface area contributed by atoms with Gasteiger partial charge in [0, 0.05) is 13.5 Å². The second kappa shape index (κ2) is 6.68. The van der Waals surface area contributed by atoms with Crippen molar-refractivity contribution in [2.75, 3.05) is 6.54 Å². The molecule has 0 saturated heterocycles. The molecule has 0 spiro atoms. The van der Waals surface area contributed by atoms with Gasteiger partial charge in [-0.15, -0.1) is 0 Å². The lowest BCUT2D eigenvalue weighted by Crippen LogP contribution is -2.26. The number of nitrogens with zero attached hydrogens (tertiary/aromatic N) is 2. The molecule has 0 radical (unpaired) electrons. The summed E-state index contributed by atoms with van der Waals surface area (Å²) in [5, 5.41) is 6.53. The summed E-state index contributed by atoms with van der Waals surface area (Å²) in [6.07, 6.45) is 2.05. The Labute approximate surface area is 112 Å². The van der Waals surface area contributed by atoms with Crippen molar-refractivity contribution in [2.45, 2.75) is 26.2 Å². The van der Waals surface area contributed by atoms with Gasteiger partial charge in [0.25, 0.3) is 0 Å². The molecule has 0 unspecified atom stereocenters. The first kappa shape index (κ1) is 13.3. The number of amides is 1. The standard InChI is InChI=1S/C14H17N3O2/c1-11-16-13(17-19-11)10-14(18)15-9-5-8-12-6-3-2-4-7-12/h2-4,6-7H,5,8-10H2,1H3,(H,15,18). The van der Waals surface area contributed by atoms with Gasteiger partial charge in [0.1, 0.15) is 0 Å². The summed E-state index contributed by atoms with van der Waals surface area (Å²) in [7, 11) is 0. The Morgan fingerprint density at radius 1 is 1.32 bits per heavy atom. The summed E-state index contributed by atoms with van der Waals surface area (Å²) < 4.78 is 4.81. The molecule has 1 N–H and O–H groups in total. The number of benzene rings is 1. The minimum Gasteiger partial charge on any atom is -0.356 e. The number of hydrogen-bond acceptors (Lipinski definition) is 4. The number of carbonyl (C=O) groups excluding carboxylic acids is 1. The Balaban J connectivity index is 1.64. The first-order valence-corrected chi connectivity index (χ1v) is 6.34. The van der Waals surface area contributed by atoms with E-state index in [4.69, 9.17) is 4.52 Å². The number of aromatic nitrogens is 2. The lowest BCUT2D eigenvalue weighted by atomic mass is 10.1. The fourth-order valence-electron chi connectivity index (χ4n) is 1.78. The van der Waals surface area contributed by atoms with Crippen LogP contribution in [-0.4, -0.2) is 22.6 Å². The second-order valence-electron chi connectivity index (χ2n) is 4.35. The van der Waals surface area contributed by atoms with Gasteiger partial charge >= 0.3 is 0 Å². The molecule has 19 heavy (non-hydrogen) atoms. The molecule has 1 heterocycles. The normalized spacial score (nSPS) is 10.4. The number of rotatable bonds is 6. The van der Waals surface area contributed by atoms with Gasteiger partial charge in [-0.3, -0.25) is 4.79 Å². The predicted molar refractivity (Wildman–Crippen MR) is 70.5 cm³/mol. The molecule has 0 saturated carbocycles. The summed E-state index contributed by atoms with van der Waals surface area (Å²) >= 11 is 0. The van der Waals surface area contributed by atoms with Crippen molar-refractivity contribution in [1.82, 2.24) is 15.5 Å². The fraction of sp³-hybridized carbons (Fsp3) is 0.357. The molecule has 2 aromatic rings. The Morgan fingerprint density at radius 2 is 2.11 bits per heavy atom. The second-order valence-corrected chi connectivity index (χ2v) is 4.35. The van der Waals surface area contributed by atoms with Crippen LogP contribution in [0.25, 0.3) is 0 Å². The minimum atomic E-state index is -0.0751. The molecule has 0 aliphatic rings. The molecule has 0 bridgehead atoms. The Hall–Kier alpha value is -2.17. The van der Waals surface area contributed by atoms with E-state index < -0.39 is 0 Å². The van der Waals surface area contributed by atoms with Crippen LogP contribution < -0.4 is 5.32 Å². The molecule has 0 aliphatic heterocycles. The zero-order chi connectivity index (χ0) is 13.5. The smallest absolute Gasteiger partial charge is 0.227 e. The fourth-order valence-corrected chi connectivity index (χ4v) is 1.78. The monoisotopic (exact) mass is 259 g/mol. The van der Waals surface area contributed by atoms with Crippen LogP contribution in [0.5, 0.6) is 0 Å². The molecular weight excluding hydrogens is 242 g/mol. The van der Waals surface area contributed by atoms with Crippen LogP contribution in [0.3, 0.4) is 0 Å². The molecule has 1 amide bonds. The quantitative estimate of drug-likeness (QED) is 0.801. The van der Waals surface area contributed by atoms with Crippen LogP contribution in [0.15, 0.2) is 34.9 Å². The highest BCUT2D eigenvalue weighted by Crippen LogP contribution is 2.01. The van der Waals surface area contributed by atoms with E-state index in [-0.39, 0.29) is 12.3 Å². The van der Waals surface area contributed by atoms with Crippen molar-refractivity contribution in [2.24, 2.45) is 0 Å². The summed E-state index contributed by atoms with van der Waals surface area (Å²) in [5.74, 6) is 0.832. The number of aryl methyl sites for hydroxylation is 2. The van der Waals surface area contributed by atoms with Gasteiger partial charge in [0.15, 0.2) is 5.82 Å². The van der Waals surface area contributed by atoms with Crippen molar-refractivity contribution in [3.8, 4) is 0 Å². The van der Waals surface area contributed by atoms with E-state index in [0.717, 1.165) is 12.8 Å². The Morgan fingerprint density at radius 3 is 2.79 bits per heavy atom. The minimum absolute atomic E-state index is 0.0751. The molecular formula is C14H17N3O2. The van der Waals surface area contributed by atoms with Gasteiger partial charge < -0.3 is 9.84 Å². The summed E-state index contributed by atoms with van der Waals surface area (Å²) in [5.41, 5.74) is 1.28. The van der Waals surface area contributed by atoms with E-state index in [1.807, 2.05) is 18.2 Å². The summed E-state index contributed by atoms with van der Waals surface area (Å²) in [6.45, 7) is 2.36. The van der Waals surface area contributed by atoms with E-state index in [1.54, 1.807) is 6.92 Å². The van der Waals surface area contributed by atoms with E-state index in [0.29, 0.717) is 18.3 Å². The van der Waals surface area contributed by atoms with E-state index >= 15 is 0 Å². The molecule has 5 heteroatoms. The average molecular weight is 259 g/mol. The van der Waals surface area contributed by atoms with Crippen LogP contribution in [0.2, 0.25) is 0 Å². The van der Waals surface area contributed by atoms with Crippen LogP contribution in [0.1, 0.15) is 23.7 Å². The third kappa shape index (κ3) is 4.54. The van der Waals surface area contributed by atoms with Gasteiger partial charge in [0.05, 0.1) is 6.42 Å². The van der Waals surface area contributed by atoms with Gasteiger partial charge in [-0.25, -0.2) is 0 Å². The first-order valence-electron chi connectivity index (χ1n) is 6.34. The van der Waals surface area contributed by atoms with E-state index in [2.05, 4.69) is 27.6 Å². The largest absolute Gasteiger partial charge is 0.356 e. The molecule has 0 aliphatic carbocycles. The van der Waals surface area contributed by atoms with Crippen molar-refractivity contribution in [1.29, 1.82) is 0 Å². The zero-order valence-electron chi connectivity index (χ0n) is 10.9. The maximum atomic E-state index is 11.6. The Kier molecular flexibility index (Phi) is 4.66. The summed E-state index contributed by atoms with van der Waals surface area (Å²) in [6, 6.07) is 10.2. The number of hydrogen-bond donors (Lipinski definition) is 1. The highest BCUT2D eigenvalue weighted by Gasteiger charge is 2.08. The van der Waals surface area contributed by atoms with Crippen LogP contribution in [0, 0.1) is 6.92 Å². The maximum absolute atomic E-state index is 11.6. The van der Waals surface area contributed by atoms with Gasteiger partial charge in [-0.2, -0.15) is 4.98 Å². The third-order valence-corrected chi connectivity index (χ3v) is 2.70. The molecule has 1 aromatic carbocycles. The van der Waals surface area contributed by atoms with Gasteiger partial charge in [0.2, 0.25) is 11.8 Å². The van der Waals surface area contributed by atoms with Gasteiger partial charge in [-0.05, 0) is 18.4 Å². The van der Waals surface area contributed by atoms with E-state index in [9.17, 15) is 4.79 Å². The molecule has 2 rings (SSSR count). The highest BCUT2D eigenvalue weighted by molar-refractivity contribution is 5.77. The van der Waals surface area contributed by atoms with Crippen molar-refractivity contribution in [3.05, 3.63) is 47.6 Å². The van der Waals surface area contributed by atoms with Crippen molar-refractivity contribution >= 4 is 5.91 Å². The van der Waals surface area contributed by atoms with Gasteiger partial charge in [-0.1, -0.05) is 35.5 Å². The van der Waals surface area contributed by atoms with Crippen LogP contribution >= 0.6 is 0 Å². The third-order valence-electron chi connectivity index (χ3n) is 2.70. The maximum Gasteiger partial charge on any atom is 0.227 e. The SMILES string of the molecule is Cc1nc(CC(=O)NCCCc2ccccc2)no1. The van der Waals surface area contributed by atoms with Crippen LogP contribution in [0.4, 0.5) is 0 Å². The molecule has 1 aromatic heterocycles. The predicted octanol–water partition coefficient (Wildman–Crippen LogP) is 1.67. The topological polar surface area (TPSA) is 68.0 Å². The number of carbonyl (C=O) groups is 1. The van der Waals surface area contributed by atoms with Crippen molar-refractivity contribution in [3.63, 3.8) is 0 Å². The van der Waals surface area contributed by atoms with Crippen LogP contribution in [-0.2, 0) is 17.6 Å².